The van der Waals surface area contributed by atoms with Crippen LogP contribution in [0.5, 0.6) is 0 Å². The molecule has 0 fully saturated rings. The second-order valence-electron chi connectivity index (χ2n) is 5.58. The van der Waals surface area contributed by atoms with E-state index in [1.807, 2.05) is 0 Å². The van der Waals surface area contributed by atoms with Gasteiger partial charge in [0.05, 0.1) is 5.69 Å². The molecule has 8 nitrogen and oxygen atoms in total. The molecule has 3 aromatic rings. The predicted octanol–water partition coefficient (Wildman–Crippen LogP) is 0.765. The summed E-state index contributed by atoms with van der Waals surface area (Å²) in [5, 5.41) is 0.484. The highest BCUT2D eigenvalue weighted by Crippen LogP contribution is 2.33. The molecule has 0 saturated heterocycles. The highest BCUT2D eigenvalue weighted by molar-refractivity contribution is 6.31. The van der Waals surface area contributed by atoms with Crippen molar-refractivity contribution in [3.63, 3.8) is 0 Å². The number of fused-ring (bicyclic) bond motifs is 3. The molecule has 0 aliphatic carbocycles. The van der Waals surface area contributed by atoms with Crippen LogP contribution in [0.25, 0.3) is 11.2 Å². The molecule has 0 bridgehead atoms. The van der Waals surface area contributed by atoms with Gasteiger partial charge in [0.15, 0.2) is 11.2 Å². The quantitative estimate of drug-likeness (QED) is 0.652. The van der Waals surface area contributed by atoms with Gasteiger partial charge in [0.2, 0.25) is 5.95 Å². The Morgan fingerprint density at radius 2 is 1.88 bits per heavy atom. The van der Waals surface area contributed by atoms with Crippen molar-refractivity contribution in [2.24, 2.45) is 14.1 Å². The number of benzene rings is 1. The number of aryl methyl sites for hydroxylation is 1. The van der Waals surface area contributed by atoms with Gasteiger partial charge in [-0.1, -0.05) is 17.7 Å². The number of hydrogen-bond donors (Lipinski definition) is 0. The summed E-state index contributed by atoms with van der Waals surface area (Å²) < 4.78 is 3.83. The number of nitrogens with zero attached hydrogens (tertiary/aromatic N) is 5. The Morgan fingerprint density at radius 1 is 1.12 bits per heavy atom. The number of anilines is 2. The molecule has 9 heteroatoms. The number of hydrogen-bond acceptors (Lipinski definition) is 4. The fourth-order valence-electron chi connectivity index (χ4n) is 2.95. The van der Waals surface area contributed by atoms with Crippen LogP contribution in [0.15, 0.2) is 33.9 Å². The number of imidazole rings is 1. The number of rotatable bonds is 1. The normalized spacial score (nSPS) is 13.8. The molecule has 1 aromatic carbocycles. The molecule has 4 rings (SSSR count). The Morgan fingerprint density at radius 3 is 2.58 bits per heavy atom. The highest BCUT2D eigenvalue weighted by atomic mass is 35.5. The predicted molar refractivity (Wildman–Crippen MR) is 88.8 cm³/mol. The van der Waals surface area contributed by atoms with Gasteiger partial charge in [0.1, 0.15) is 6.54 Å². The van der Waals surface area contributed by atoms with E-state index in [-0.39, 0.29) is 23.6 Å². The summed E-state index contributed by atoms with van der Waals surface area (Å²) in [6.45, 7) is -0.0220. The number of carbonyl (C=O) groups excluding carboxylic acids is 1. The zero-order chi connectivity index (χ0) is 17.2. The van der Waals surface area contributed by atoms with Crippen molar-refractivity contribution in [2.45, 2.75) is 6.54 Å². The minimum atomic E-state index is -0.479. The van der Waals surface area contributed by atoms with E-state index in [0.29, 0.717) is 16.7 Å². The summed E-state index contributed by atoms with van der Waals surface area (Å²) in [5.74, 6) is 0.0770. The van der Waals surface area contributed by atoms with Crippen LogP contribution in [0, 0.1) is 0 Å². The Bertz CT molecular complexity index is 1140. The fourth-order valence-corrected chi connectivity index (χ4v) is 3.13. The monoisotopic (exact) mass is 345 g/mol. The van der Waals surface area contributed by atoms with Crippen molar-refractivity contribution in [2.75, 3.05) is 4.90 Å². The minimum absolute atomic E-state index is 0.0220. The van der Waals surface area contributed by atoms with E-state index in [1.54, 1.807) is 31.3 Å². The van der Waals surface area contributed by atoms with Crippen LogP contribution in [0.2, 0.25) is 5.02 Å². The summed E-state index contributed by atoms with van der Waals surface area (Å²) in [5.41, 5.74) is 0.0889. The average molecular weight is 346 g/mol. The Hall–Kier alpha value is -2.87. The molecule has 3 heterocycles. The minimum Gasteiger partial charge on any atom is -0.294 e. The topological polar surface area (TPSA) is 82.1 Å². The number of carbonyl (C=O) groups is 1. The Labute approximate surface area is 140 Å². The smallest absolute Gasteiger partial charge is 0.294 e. The van der Waals surface area contributed by atoms with Gasteiger partial charge in [-0.2, -0.15) is 4.98 Å². The molecule has 0 N–H and O–H groups in total. The molecule has 2 aromatic heterocycles. The van der Waals surface area contributed by atoms with Crippen molar-refractivity contribution in [3.05, 3.63) is 50.1 Å². The number of aromatic nitrogens is 4. The van der Waals surface area contributed by atoms with E-state index in [2.05, 4.69) is 4.98 Å². The molecular weight excluding hydrogens is 334 g/mol. The van der Waals surface area contributed by atoms with Gasteiger partial charge in [0, 0.05) is 19.1 Å². The van der Waals surface area contributed by atoms with E-state index in [1.165, 1.54) is 21.1 Å². The summed E-state index contributed by atoms with van der Waals surface area (Å²) in [7, 11) is 2.94. The lowest BCUT2D eigenvalue weighted by molar-refractivity contribution is -0.117. The van der Waals surface area contributed by atoms with E-state index in [0.717, 1.165) is 4.57 Å². The van der Waals surface area contributed by atoms with Crippen molar-refractivity contribution in [3.8, 4) is 0 Å². The van der Waals surface area contributed by atoms with E-state index >= 15 is 0 Å². The zero-order valence-corrected chi connectivity index (χ0v) is 13.6. The van der Waals surface area contributed by atoms with Crippen LogP contribution < -0.4 is 16.1 Å². The molecule has 1 aliphatic heterocycles. The molecular formula is C15H12ClN5O3. The molecule has 0 radical (unpaired) electrons. The Kier molecular flexibility index (Phi) is 2.95. The van der Waals surface area contributed by atoms with Crippen molar-refractivity contribution in [1.29, 1.82) is 0 Å². The number of halogens is 1. The SMILES string of the molecule is Cn1c(=O)c2c(nc3n2CC(=O)N3c2cccc(Cl)c2)n(C)c1=O. The maximum atomic E-state index is 12.5. The van der Waals surface area contributed by atoms with Crippen LogP contribution in [0.3, 0.4) is 0 Å². The van der Waals surface area contributed by atoms with Crippen molar-refractivity contribution >= 4 is 40.3 Å². The van der Waals surface area contributed by atoms with Gasteiger partial charge in [-0.3, -0.25) is 23.3 Å². The van der Waals surface area contributed by atoms with Gasteiger partial charge in [-0.15, -0.1) is 0 Å². The second kappa shape index (κ2) is 4.81. The third kappa shape index (κ3) is 1.80. The van der Waals surface area contributed by atoms with Crippen LogP contribution >= 0.6 is 11.6 Å². The van der Waals surface area contributed by atoms with Gasteiger partial charge in [-0.25, -0.2) is 9.69 Å². The fraction of sp³-hybridized carbons (Fsp3) is 0.200. The maximum Gasteiger partial charge on any atom is 0.332 e. The van der Waals surface area contributed by atoms with Gasteiger partial charge in [0.25, 0.3) is 11.5 Å². The standard InChI is InChI=1S/C15H12ClN5O3/c1-18-12-11(13(23)19(2)15(18)24)20-7-10(22)21(14(20)17-12)9-5-3-4-8(16)6-9/h3-6H,7H2,1-2H3. The molecule has 0 unspecified atom stereocenters. The lowest BCUT2D eigenvalue weighted by Gasteiger charge is -2.14. The molecule has 1 aliphatic rings. The third-order valence-electron chi connectivity index (χ3n) is 4.14. The first-order valence-electron chi connectivity index (χ1n) is 7.15. The first-order chi connectivity index (χ1) is 11.4. The molecule has 24 heavy (non-hydrogen) atoms. The maximum absolute atomic E-state index is 12.5. The first kappa shape index (κ1) is 14.7. The summed E-state index contributed by atoms with van der Waals surface area (Å²) in [6, 6.07) is 6.81. The van der Waals surface area contributed by atoms with Gasteiger partial charge < -0.3 is 0 Å². The molecule has 122 valence electrons. The van der Waals surface area contributed by atoms with Gasteiger partial charge in [-0.05, 0) is 18.2 Å². The van der Waals surface area contributed by atoms with Gasteiger partial charge >= 0.3 is 5.69 Å². The Balaban J connectivity index is 2.06. The lowest BCUT2D eigenvalue weighted by Crippen LogP contribution is -2.37. The molecule has 0 saturated carbocycles. The summed E-state index contributed by atoms with van der Waals surface area (Å²) in [4.78, 5) is 42.7. The van der Waals surface area contributed by atoms with Crippen molar-refractivity contribution in [1.82, 2.24) is 18.7 Å². The van der Waals surface area contributed by atoms with E-state index < -0.39 is 11.2 Å². The summed E-state index contributed by atoms with van der Waals surface area (Å²) in [6.07, 6.45) is 0. The molecule has 0 spiro atoms. The highest BCUT2D eigenvalue weighted by Gasteiger charge is 2.34. The second-order valence-corrected chi connectivity index (χ2v) is 6.02. The number of amides is 1. The van der Waals surface area contributed by atoms with Crippen molar-refractivity contribution < 1.29 is 4.79 Å². The zero-order valence-electron chi connectivity index (χ0n) is 12.9. The third-order valence-corrected chi connectivity index (χ3v) is 4.37. The lowest BCUT2D eigenvalue weighted by atomic mass is 10.3. The summed E-state index contributed by atoms with van der Waals surface area (Å²) >= 11 is 6.00. The van der Waals surface area contributed by atoms with Crippen LogP contribution in [0.4, 0.5) is 11.6 Å². The first-order valence-corrected chi connectivity index (χ1v) is 7.52. The largest absolute Gasteiger partial charge is 0.332 e. The van der Waals surface area contributed by atoms with E-state index in [4.69, 9.17) is 11.6 Å². The molecule has 0 atom stereocenters. The van der Waals surface area contributed by atoms with Crippen LogP contribution in [-0.2, 0) is 25.4 Å². The molecule has 1 amide bonds. The average Bonchev–Trinajstić information content (AvgIpc) is 3.05. The van der Waals surface area contributed by atoms with Crippen LogP contribution in [-0.4, -0.2) is 24.6 Å². The van der Waals surface area contributed by atoms with Crippen LogP contribution in [0.1, 0.15) is 0 Å². The van der Waals surface area contributed by atoms with E-state index in [9.17, 15) is 14.4 Å².